The largest absolute Gasteiger partial charge is 0.325 e. The van der Waals surface area contributed by atoms with Crippen LogP contribution in [0.1, 0.15) is 19.5 Å². The molecule has 5 heteroatoms. The zero-order chi connectivity index (χ0) is 10.8. The Hall–Kier alpha value is -0.520. The van der Waals surface area contributed by atoms with Crippen LogP contribution in [0.3, 0.4) is 0 Å². The number of fused-ring (bicyclic) bond motifs is 1. The van der Waals surface area contributed by atoms with Crippen molar-refractivity contribution in [3.05, 3.63) is 17.3 Å². The average molecular weight is 241 g/mol. The Bertz CT molecular complexity index is 444. The summed E-state index contributed by atoms with van der Waals surface area (Å²) in [5.41, 5.74) is 6.89. The second-order valence-electron chi connectivity index (χ2n) is 3.83. The van der Waals surface area contributed by atoms with Crippen molar-refractivity contribution in [2.75, 3.05) is 5.75 Å². The summed E-state index contributed by atoms with van der Waals surface area (Å²) in [7, 11) is 0. The SMILES string of the molecule is CC(C)CSc1nc2sccn2c1CN. The van der Waals surface area contributed by atoms with Gasteiger partial charge >= 0.3 is 0 Å². The summed E-state index contributed by atoms with van der Waals surface area (Å²) in [6, 6.07) is 0. The lowest BCUT2D eigenvalue weighted by atomic mass is 10.3. The van der Waals surface area contributed by atoms with E-state index in [0.717, 1.165) is 21.4 Å². The molecule has 2 aromatic rings. The summed E-state index contributed by atoms with van der Waals surface area (Å²) in [5.74, 6) is 1.78. The number of hydrogen-bond acceptors (Lipinski definition) is 4. The average Bonchev–Trinajstić information content (AvgIpc) is 2.72. The van der Waals surface area contributed by atoms with Gasteiger partial charge in [0.25, 0.3) is 0 Å². The highest BCUT2D eigenvalue weighted by Gasteiger charge is 2.12. The molecule has 2 heterocycles. The Balaban J connectivity index is 2.29. The number of thioether (sulfide) groups is 1. The number of nitrogens with two attached hydrogens (primary N) is 1. The monoisotopic (exact) mass is 241 g/mol. The van der Waals surface area contributed by atoms with E-state index in [1.165, 1.54) is 0 Å². The smallest absolute Gasteiger partial charge is 0.194 e. The standard InChI is InChI=1S/C10H15N3S2/c1-7(2)6-15-9-8(5-11)13-3-4-14-10(13)12-9/h3-4,7H,5-6,11H2,1-2H3. The van der Waals surface area contributed by atoms with Crippen LogP contribution in [0, 0.1) is 5.92 Å². The highest BCUT2D eigenvalue weighted by molar-refractivity contribution is 7.99. The molecule has 0 amide bonds. The first kappa shape index (κ1) is 11.0. The molecular weight excluding hydrogens is 226 g/mol. The van der Waals surface area contributed by atoms with Gasteiger partial charge in [0.1, 0.15) is 5.03 Å². The zero-order valence-corrected chi connectivity index (χ0v) is 10.6. The van der Waals surface area contributed by atoms with Crippen LogP contribution >= 0.6 is 23.1 Å². The van der Waals surface area contributed by atoms with E-state index in [1.807, 2.05) is 11.6 Å². The molecule has 0 aliphatic rings. The Kier molecular flexibility index (Phi) is 3.33. The Morgan fingerprint density at radius 2 is 2.40 bits per heavy atom. The van der Waals surface area contributed by atoms with E-state index < -0.39 is 0 Å². The molecule has 2 aromatic heterocycles. The summed E-state index contributed by atoms with van der Waals surface area (Å²) in [5, 5.41) is 3.14. The fourth-order valence-corrected chi connectivity index (χ4v) is 3.14. The molecule has 0 atom stereocenters. The van der Waals surface area contributed by atoms with Crippen LogP contribution in [0.4, 0.5) is 0 Å². The second kappa shape index (κ2) is 4.55. The zero-order valence-electron chi connectivity index (χ0n) is 8.93. The summed E-state index contributed by atoms with van der Waals surface area (Å²) >= 11 is 3.46. The Morgan fingerprint density at radius 3 is 3.07 bits per heavy atom. The summed E-state index contributed by atoms with van der Waals surface area (Å²) < 4.78 is 2.09. The van der Waals surface area contributed by atoms with Crippen molar-refractivity contribution in [3.8, 4) is 0 Å². The van der Waals surface area contributed by atoms with E-state index >= 15 is 0 Å². The number of nitrogens with zero attached hydrogens (tertiary/aromatic N) is 2. The molecule has 3 nitrogen and oxygen atoms in total. The van der Waals surface area contributed by atoms with Gasteiger partial charge < -0.3 is 5.73 Å². The fraction of sp³-hybridized carbons (Fsp3) is 0.500. The Labute approximate surface area is 97.7 Å². The van der Waals surface area contributed by atoms with Gasteiger partial charge in [0.2, 0.25) is 0 Å². The summed E-state index contributed by atoms with van der Waals surface area (Å²) in [4.78, 5) is 5.62. The quantitative estimate of drug-likeness (QED) is 0.837. The van der Waals surface area contributed by atoms with Crippen LogP contribution in [0.15, 0.2) is 16.6 Å². The first-order valence-electron chi connectivity index (χ1n) is 4.99. The van der Waals surface area contributed by atoms with Crippen molar-refractivity contribution in [2.24, 2.45) is 11.7 Å². The van der Waals surface area contributed by atoms with Crippen LogP contribution < -0.4 is 5.73 Å². The molecule has 15 heavy (non-hydrogen) atoms. The lowest BCUT2D eigenvalue weighted by Crippen LogP contribution is -2.01. The first-order chi connectivity index (χ1) is 7.22. The van der Waals surface area contributed by atoms with Crippen molar-refractivity contribution in [1.82, 2.24) is 9.38 Å². The van der Waals surface area contributed by atoms with E-state index in [-0.39, 0.29) is 0 Å². The van der Waals surface area contributed by atoms with E-state index in [0.29, 0.717) is 12.5 Å². The van der Waals surface area contributed by atoms with Gasteiger partial charge in [-0.05, 0) is 5.92 Å². The fourth-order valence-electron chi connectivity index (χ4n) is 1.36. The molecule has 0 saturated carbocycles. The van der Waals surface area contributed by atoms with Gasteiger partial charge in [-0.15, -0.1) is 23.1 Å². The number of aromatic nitrogens is 2. The molecule has 2 rings (SSSR count). The van der Waals surface area contributed by atoms with Crippen LogP contribution in [0.2, 0.25) is 0 Å². The number of hydrogen-bond donors (Lipinski definition) is 1. The normalized spacial score (nSPS) is 11.7. The molecule has 0 aromatic carbocycles. The van der Waals surface area contributed by atoms with Gasteiger partial charge in [-0.2, -0.15) is 0 Å². The number of rotatable bonds is 4. The molecule has 0 spiro atoms. The van der Waals surface area contributed by atoms with Gasteiger partial charge in [0.05, 0.1) is 5.69 Å². The molecule has 82 valence electrons. The minimum absolute atomic E-state index is 0.554. The minimum atomic E-state index is 0.554. The van der Waals surface area contributed by atoms with Crippen LogP contribution in [0.5, 0.6) is 0 Å². The third kappa shape index (κ3) is 2.19. The summed E-state index contributed by atoms with van der Waals surface area (Å²) in [6.07, 6.45) is 2.04. The topological polar surface area (TPSA) is 43.3 Å². The van der Waals surface area contributed by atoms with Crippen molar-refractivity contribution < 1.29 is 0 Å². The van der Waals surface area contributed by atoms with Crippen molar-refractivity contribution in [2.45, 2.75) is 25.4 Å². The second-order valence-corrected chi connectivity index (χ2v) is 5.71. The third-order valence-corrected chi connectivity index (χ3v) is 4.26. The molecule has 0 radical (unpaired) electrons. The Morgan fingerprint density at radius 1 is 1.60 bits per heavy atom. The van der Waals surface area contributed by atoms with Gasteiger partial charge in [-0.25, -0.2) is 4.98 Å². The van der Waals surface area contributed by atoms with E-state index in [1.54, 1.807) is 23.1 Å². The maximum Gasteiger partial charge on any atom is 0.194 e. The van der Waals surface area contributed by atoms with Crippen LogP contribution in [-0.4, -0.2) is 15.1 Å². The number of imidazole rings is 1. The third-order valence-electron chi connectivity index (χ3n) is 2.07. The van der Waals surface area contributed by atoms with Crippen molar-refractivity contribution >= 4 is 28.1 Å². The lowest BCUT2D eigenvalue weighted by molar-refractivity contribution is 0.749. The lowest BCUT2D eigenvalue weighted by Gasteiger charge is -2.03. The van der Waals surface area contributed by atoms with Crippen LogP contribution in [0.25, 0.3) is 4.96 Å². The van der Waals surface area contributed by atoms with Gasteiger partial charge in [-0.1, -0.05) is 13.8 Å². The maximum absolute atomic E-state index is 5.76. The highest BCUT2D eigenvalue weighted by Crippen LogP contribution is 2.26. The molecule has 0 fully saturated rings. The van der Waals surface area contributed by atoms with Crippen molar-refractivity contribution in [3.63, 3.8) is 0 Å². The summed E-state index contributed by atoms with van der Waals surface area (Å²) in [6.45, 7) is 4.99. The molecule has 0 unspecified atom stereocenters. The molecular formula is C10H15N3S2. The first-order valence-corrected chi connectivity index (χ1v) is 6.86. The molecule has 0 saturated heterocycles. The van der Waals surface area contributed by atoms with Crippen molar-refractivity contribution in [1.29, 1.82) is 0 Å². The molecule has 0 aliphatic carbocycles. The van der Waals surface area contributed by atoms with Gasteiger partial charge in [0, 0.05) is 23.9 Å². The van der Waals surface area contributed by atoms with E-state index in [9.17, 15) is 0 Å². The van der Waals surface area contributed by atoms with Crippen LogP contribution in [-0.2, 0) is 6.54 Å². The van der Waals surface area contributed by atoms with E-state index in [2.05, 4.69) is 23.2 Å². The molecule has 0 aliphatic heterocycles. The predicted molar refractivity (Wildman–Crippen MR) is 66.5 cm³/mol. The van der Waals surface area contributed by atoms with Gasteiger partial charge in [-0.3, -0.25) is 4.40 Å². The maximum atomic E-state index is 5.76. The minimum Gasteiger partial charge on any atom is -0.325 e. The van der Waals surface area contributed by atoms with Gasteiger partial charge in [0.15, 0.2) is 4.96 Å². The molecule has 2 N–H and O–H groups in total. The molecule has 0 bridgehead atoms. The van der Waals surface area contributed by atoms with E-state index in [4.69, 9.17) is 5.73 Å². The highest BCUT2D eigenvalue weighted by atomic mass is 32.2. The predicted octanol–water partition coefficient (Wildman–Crippen LogP) is 2.60. The number of thiazole rings is 1.